The molecule has 0 amide bonds. The van der Waals surface area contributed by atoms with Crippen molar-refractivity contribution in [3.63, 3.8) is 0 Å². The predicted molar refractivity (Wildman–Crippen MR) is 74.0 cm³/mol. The van der Waals surface area contributed by atoms with Crippen LogP contribution < -0.4 is 11.2 Å². The Morgan fingerprint density at radius 3 is 2.84 bits per heavy atom. The van der Waals surface area contributed by atoms with Crippen LogP contribution in [0.5, 0.6) is 0 Å². The van der Waals surface area contributed by atoms with E-state index < -0.39 is 0 Å². The molecular weight excluding hydrogens is 244 g/mol. The van der Waals surface area contributed by atoms with Gasteiger partial charge in [-0.2, -0.15) is 0 Å². The molecule has 0 spiro atoms. The second-order valence-electron chi connectivity index (χ2n) is 4.32. The minimum absolute atomic E-state index is 0.0644. The van der Waals surface area contributed by atoms with Crippen LogP contribution in [0.25, 0.3) is 10.9 Å². The van der Waals surface area contributed by atoms with Crippen LogP contribution in [-0.2, 0) is 16.1 Å². The van der Waals surface area contributed by atoms with E-state index in [1.54, 1.807) is 42.8 Å². The van der Waals surface area contributed by atoms with Crippen LogP contribution in [0, 0.1) is 6.92 Å². The lowest BCUT2D eigenvalue weighted by molar-refractivity contribution is -0.143. The Labute approximate surface area is 110 Å². The first kappa shape index (κ1) is 13.1. The topological polar surface area (TPSA) is 74.3 Å². The Balaban J connectivity index is 2.62. The first-order chi connectivity index (χ1) is 9.04. The summed E-state index contributed by atoms with van der Waals surface area (Å²) in [7, 11) is 0. The number of ether oxygens (including phenoxy) is 1. The summed E-state index contributed by atoms with van der Waals surface area (Å²) in [5, 5.41) is 0.451. The van der Waals surface area contributed by atoms with Crippen LogP contribution >= 0.6 is 0 Å². The van der Waals surface area contributed by atoms with Gasteiger partial charge in [0.1, 0.15) is 6.54 Å². The van der Waals surface area contributed by atoms with E-state index in [1.165, 1.54) is 0 Å². The van der Waals surface area contributed by atoms with Crippen molar-refractivity contribution in [2.24, 2.45) is 0 Å². The fourth-order valence-corrected chi connectivity index (χ4v) is 2.08. The Kier molecular flexibility index (Phi) is 3.55. The van der Waals surface area contributed by atoms with E-state index >= 15 is 0 Å². The SMILES string of the molecule is CCOC(=O)Cn1cc(C)c(=O)c2c(N)cccc21. The number of nitrogens with two attached hydrogens (primary N) is 1. The zero-order valence-electron chi connectivity index (χ0n) is 11.0. The van der Waals surface area contributed by atoms with E-state index in [0.29, 0.717) is 28.8 Å². The molecule has 2 aromatic rings. The molecule has 5 nitrogen and oxygen atoms in total. The summed E-state index contributed by atoms with van der Waals surface area (Å²) in [6.45, 7) is 3.85. The highest BCUT2D eigenvalue weighted by Crippen LogP contribution is 2.18. The standard InChI is InChI=1S/C14H16N2O3/c1-3-19-12(17)8-16-7-9(2)14(18)13-10(15)5-4-6-11(13)16/h4-7H,3,8,15H2,1-2H3. The monoisotopic (exact) mass is 260 g/mol. The number of aromatic nitrogens is 1. The number of fused-ring (bicyclic) bond motifs is 1. The van der Waals surface area contributed by atoms with Crippen molar-refractivity contribution in [2.45, 2.75) is 20.4 Å². The summed E-state index contributed by atoms with van der Waals surface area (Å²) >= 11 is 0. The number of hydrogen-bond donors (Lipinski definition) is 1. The van der Waals surface area contributed by atoms with E-state index in [4.69, 9.17) is 10.5 Å². The number of anilines is 1. The molecule has 2 rings (SSSR count). The summed E-state index contributed by atoms with van der Waals surface area (Å²) in [5.74, 6) is -0.339. The third-order valence-electron chi connectivity index (χ3n) is 2.92. The lowest BCUT2D eigenvalue weighted by Crippen LogP contribution is -2.18. The van der Waals surface area contributed by atoms with Crippen LogP contribution in [0.15, 0.2) is 29.2 Å². The Morgan fingerprint density at radius 1 is 1.42 bits per heavy atom. The van der Waals surface area contributed by atoms with Gasteiger partial charge in [0, 0.05) is 17.4 Å². The van der Waals surface area contributed by atoms with Gasteiger partial charge in [0.05, 0.1) is 17.5 Å². The van der Waals surface area contributed by atoms with Gasteiger partial charge >= 0.3 is 5.97 Å². The summed E-state index contributed by atoms with van der Waals surface area (Å²) < 4.78 is 6.62. The molecule has 100 valence electrons. The molecule has 0 aliphatic rings. The molecule has 0 bridgehead atoms. The van der Waals surface area contributed by atoms with Gasteiger partial charge in [-0.1, -0.05) is 6.07 Å². The van der Waals surface area contributed by atoms with Crippen molar-refractivity contribution in [3.8, 4) is 0 Å². The molecule has 1 heterocycles. The van der Waals surface area contributed by atoms with Gasteiger partial charge in [0.25, 0.3) is 0 Å². The molecule has 1 aromatic carbocycles. The smallest absolute Gasteiger partial charge is 0.325 e. The summed E-state index contributed by atoms with van der Waals surface area (Å²) in [5.41, 5.74) is 7.36. The molecule has 0 aliphatic heterocycles. The Bertz CT molecular complexity index is 689. The molecule has 1 aromatic heterocycles. The van der Waals surface area contributed by atoms with Gasteiger partial charge in [0.2, 0.25) is 0 Å². The molecular formula is C14H16N2O3. The number of aryl methyl sites for hydroxylation is 1. The summed E-state index contributed by atoms with van der Waals surface area (Å²) in [6, 6.07) is 5.21. The number of esters is 1. The number of nitrogen functional groups attached to an aromatic ring is 1. The molecule has 0 aliphatic carbocycles. The highest BCUT2D eigenvalue weighted by Gasteiger charge is 2.11. The number of hydrogen-bond acceptors (Lipinski definition) is 4. The Morgan fingerprint density at radius 2 is 2.16 bits per heavy atom. The fraction of sp³-hybridized carbons (Fsp3) is 0.286. The van der Waals surface area contributed by atoms with E-state index in [0.717, 1.165) is 0 Å². The maximum absolute atomic E-state index is 12.1. The molecule has 0 fully saturated rings. The van der Waals surface area contributed by atoms with Gasteiger partial charge in [-0.3, -0.25) is 9.59 Å². The fourth-order valence-electron chi connectivity index (χ4n) is 2.08. The van der Waals surface area contributed by atoms with Crippen molar-refractivity contribution in [1.82, 2.24) is 4.57 Å². The van der Waals surface area contributed by atoms with Crippen molar-refractivity contribution < 1.29 is 9.53 Å². The number of rotatable bonds is 3. The summed E-state index contributed by atoms with van der Waals surface area (Å²) in [4.78, 5) is 23.7. The van der Waals surface area contributed by atoms with E-state index in [2.05, 4.69) is 0 Å². The van der Waals surface area contributed by atoms with Crippen LogP contribution in [0.3, 0.4) is 0 Å². The van der Waals surface area contributed by atoms with Crippen molar-refractivity contribution in [1.29, 1.82) is 0 Å². The van der Waals surface area contributed by atoms with Crippen LogP contribution in [0.1, 0.15) is 12.5 Å². The van der Waals surface area contributed by atoms with Gasteiger partial charge in [-0.25, -0.2) is 0 Å². The lowest BCUT2D eigenvalue weighted by atomic mass is 10.1. The second-order valence-corrected chi connectivity index (χ2v) is 4.32. The van der Waals surface area contributed by atoms with E-state index in [-0.39, 0.29) is 17.9 Å². The normalized spacial score (nSPS) is 10.6. The van der Waals surface area contributed by atoms with E-state index in [1.807, 2.05) is 0 Å². The first-order valence-electron chi connectivity index (χ1n) is 6.08. The molecule has 19 heavy (non-hydrogen) atoms. The third-order valence-corrected chi connectivity index (χ3v) is 2.92. The zero-order chi connectivity index (χ0) is 14.0. The predicted octanol–water partition coefficient (Wildman–Crippen LogP) is 1.46. The third kappa shape index (κ3) is 2.45. The average Bonchev–Trinajstić information content (AvgIpc) is 2.35. The van der Waals surface area contributed by atoms with Crippen molar-refractivity contribution >= 4 is 22.6 Å². The quantitative estimate of drug-likeness (QED) is 0.669. The minimum Gasteiger partial charge on any atom is -0.465 e. The number of nitrogens with zero attached hydrogens (tertiary/aromatic N) is 1. The van der Waals surface area contributed by atoms with Crippen molar-refractivity contribution in [3.05, 3.63) is 40.2 Å². The Hall–Kier alpha value is -2.30. The first-order valence-corrected chi connectivity index (χ1v) is 6.08. The molecule has 0 saturated carbocycles. The summed E-state index contributed by atoms with van der Waals surface area (Å²) in [6.07, 6.45) is 1.65. The van der Waals surface area contributed by atoms with E-state index in [9.17, 15) is 9.59 Å². The second kappa shape index (κ2) is 5.14. The van der Waals surface area contributed by atoms with Gasteiger partial charge in [-0.05, 0) is 26.0 Å². The molecule has 0 radical (unpaired) electrons. The van der Waals surface area contributed by atoms with Crippen LogP contribution in [-0.4, -0.2) is 17.1 Å². The van der Waals surface area contributed by atoms with Gasteiger partial charge in [-0.15, -0.1) is 0 Å². The molecule has 0 atom stereocenters. The molecule has 0 unspecified atom stereocenters. The van der Waals surface area contributed by atoms with Crippen LogP contribution in [0.4, 0.5) is 5.69 Å². The minimum atomic E-state index is -0.339. The average molecular weight is 260 g/mol. The van der Waals surface area contributed by atoms with Crippen molar-refractivity contribution in [2.75, 3.05) is 12.3 Å². The highest BCUT2D eigenvalue weighted by molar-refractivity contribution is 5.91. The highest BCUT2D eigenvalue weighted by atomic mass is 16.5. The maximum atomic E-state index is 12.1. The molecule has 0 saturated heterocycles. The number of benzene rings is 1. The zero-order valence-corrected chi connectivity index (χ0v) is 11.0. The number of pyridine rings is 1. The number of carbonyl (C=O) groups is 1. The van der Waals surface area contributed by atoms with Gasteiger partial charge < -0.3 is 15.0 Å². The van der Waals surface area contributed by atoms with Gasteiger partial charge in [0.15, 0.2) is 5.43 Å². The van der Waals surface area contributed by atoms with Crippen LogP contribution in [0.2, 0.25) is 0 Å². The molecule has 2 N–H and O–H groups in total. The maximum Gasteiger partial charge on any atom is 0.325 e. The lowest BCUT2D eigenvalue weighted by Gasteiger charge is -2.12. The number of carbonyl (C=O) groups excluding carboxylic acids is 1. The largest absolute Gasteiger partial charge is 0.465 e. The molecule has 5 heteroatoms.